The lowest BCUT2D eigenvalue weighted by Gasteiger charge is -2.26. The highest BCUT2D eigenvalue weighted by molar-refractivity contribution is 5.92. The van der Waals surface area contributed by atoms with E-state index in [0.29, 0.717) is 0 Å². The number of hydrogen-bond acceptors (Lipinski definition) is 3. The lowest BCUT2D eigenvalue weighted by molar-refractivity contribution is -0.114. The number of hydrogen-bond donors (Lipinski definition) is 1. The fraction of sp³-hybridized carbons (Fsp3) is 0.360. The molecule has 1 amide bonds. The Morgan fingerprint density at radius 1 is 1.13 bits per heavy atom. The molecule has 2 aromatic carbocycles. The number of aromatic nitrogens is 2. The number of rotatable bonds is 7. The number of carbonyl (C=O) groups is 1. The van der Waals surface area contributed by atoms with Gasteiger partial charge in [0.2, 0.25) is 5.91 Å². The van der Waals surface area contributed by atoms with Crippen molar-refractivity contribution in [2.45, 2.75) is 39.7 Å². The lowest BCUT2D eigenvalue weighted by Crippen LogP contribution is -2.29. The number of unbranched alkanes of at least 4 members (excludes halogenated alkanes) is 1. The van der Waals surface area contributed by atoms with Gasteiger partial charge in [-0.25, -0.2) is 4.98 Å². The minimum Gasteiger partial charge on any atom is -0.330 e. The first-order valence-corrected chi connectivity index (χ1v) is 10.8. The fourth-order valence-electron chi connectivity index (χ4n) is 4.31. The summed E-state index contributed by atoms with van der Waals surface area (Å²) in [4.78, 5) is 18.4. The van der Waals surface area contributed by atoms with Crippen LogP contribution in [0.25, 0.3) is 16.6 Å². The zero-order valence-corrected chi connectivity index (χ0v) is 17.9. The molecular weight excluding hydrogens is 372 g/mol. The number of nitrogens with one attached hydrogen (secondary N) is 1. The summed E-state index contributed by atoms with van der Waals surface area (Å²) in [7, 11) is 0. The van der Waals surface area contributed by atoms with Crippen LogP contribution in [0.4, 0.5) is 5.69 Å². The van der Waals surface area contributed by atoms with Gasteiger partial charge >= 0.3 is 0 Å². The molecule has 5 heteroatoms. The molecule has 0 fully saturated rings. The molecule has 156 valence electrons. The predicted molar refractivity (Wildman–Crippen MR) is 123 cm³/mol. The van der Waals surface area contributed by atoms with E-state index in [1.807, 2.05) is 18.5 Å². The first-order valence-electron chi connectivity index (χ1n) is 10.8. The van der Waals surface area contributed by atoms with Gasteiger partial charge in [-0.05, 0) is 61.6 Å². The summed E-state index contributed by atoms with van der Waals surface area (Å²) in [5.74, 6) is -0.0587. The second-order valence-corrected chi connectivity index (χ2v) is 8.13. The summed E-state index contributed by atoms with van der Waals surface area (Å²) in [6, 6.07) is 14.7. The maximum absolute atomic E-state index is 11.3. The van der Waals surface area contributed by atoms with Crippen LogP contribution in [-0.4, -0.2) is 40.0 Å². The molecule has 0 bridgehead atoms. The SMILES string of the molecule is CC(=O)Nc1cc(C)c2c(c1)ncn2CCCCN1CC=C(c2ccccc2)CC1. The summed E-state index contributed by atoms with van der Waals surface area (Å²) in [5, 5.41) is 2.85. The summed E-state index contributed by atoms with van der Waals surface area (Å²) < 4.78 is 2.24. The topological polar surface area (TPSA) is 50.2 Å². The minimum atomic E-state index is -0.0587. The molecule has 0 aliphatic carbocycles. The molecule has 3 aromatic rings. The molecule has 4 rings (SSSR count). The Labute approximate surface area is 178 Å². The molecule has 0 unspecified atom stereocenters. The normalized spacial score (nSPS) is 14.7. The van der Waals surface area contributed by atoms with Gasteiger partial charge in [0.15, 0.2) is 0 Å². The molecule has 1 aliphatic heterocycles. The Kier molecular flexibility index (Phi) is 6.29. The smallest absolute Gasteiger partial charge is 0.221 e. The van der Waals surface area contributed by atoms with Crippen molar-refractivity contribution in [1.29, 1.82) is 0 Å². The quantitative estimate of drug-likeness (QED) is 0.574. The zero-order valence-electron chi connectivity index (χ0n) is 17.9. The molecule has 0 radical (unpaired) electrons. The Hall–Kier alpha value is -2.92. The van der Waals surface area contributed by atoms with Crippen LogP contribution in [0.2, 0.25) is 0 Å². The number of aryl methyl sites for hydroxylation is 2. The summed E-state index contributed by atoms with van der Waals surface area (Å²) in [6.07, 6.45) is 7.75. The van der Waals surface area contributed by atoms with Crippen LogP contribution >= 0.6 is 0 Å². The standard InChI is InChI=1S/C25H30N4O/c1-19-16-23(27-20(2)30)17-24-25(19)29(18-26-24)13-7-6-12-28-14-10-22(11-15-28)21-8-4-3-5-9-21/h3-5,8-10,16-18H,6-7,11-15H2,1-2H3,(H,27,30). The number of fused-ring (bicyclic) bond motifs is 1. The molecular formula is C25H30N4O. The molecule has 0 saturated carbocycles. The first-order chi connectivity index (χ1) is 14.6. The molecule has 2 heterocycles. The number of anilines is 1. The Morgan fingerprint density at radius 3 is 2.67 bits per heavy atom. The van der Waals surface area contributed by atoms with Crippen LogP contribution in [0.1, 0.15) is 37.3 Å². The summed E-state index contributed by atoms with van der Waals surface area (Å²) in [6.45, 7) is 7.89. The molecule has 1 N–H and O–H groups in total. The third kappa shape index (κ3) is 4.79. The predicted octanol–water partition coefficient (Wildman–Crippen LogP) is 4.87. The van der Waals surface area contributed by atoms with Gasteiger partial charge in [0.1, 0.15) is 0 Å². The van der Waals surface area contributed by atoms with E-state index in [2.05, 4.69) is 63.1 Å². The summed E-state index contributed by atoms with van der Waals surface area (Å²) >= 11 is 0. The Morgan fingerprint density at radius 2 is 1.93 bits per heavy atom. The molecule has 0 spiro atoms. The molecule has 1 aliphatic rings. The second-order valence-electron chi connectivity index (χ2n) is 8.13. The monoisotopic (exact) mass is 402 g/mol. The van der Waals surface area contributed by atoms with Crippen molar-refractivity contribution in [3.05, 3.63) is 66.0 Å². The molecule has 0 atom stereocenters. The number of imidazole rings is 1. The zero-order chi connectivity index (χ0) is 20.9. The molecule has 1 aromatic heterocycles. The van der Waals surface area contributed by atoms with E-state index in [1.54, 1.807) is 0 Å². The minimum absolute atomic E-state index is 0.0587. The average molecular weight is 403 g/mol. The van der Waals surface area contributed by atoms with Crippen LogP contribution in [0.15, 0.2) is 54.9 Å². The fourth-order valence-corrected chi connectivity index (χ4v) is 4.31. The van der Waals surface area contributed by atoms with Crippen LogP contribution in [0.3, 0.4) is 0 Å². The number of nitrogens with zero attached hydrogens (tertiary/aromatic N) is 3. The lowest BCUT2D eigenvalue weighted by atomic mass is 9.99. The third-order valence-electron chi connectivity index (χ3n) is 5.79. The Balaban J connectivity index is 1.28. The van der Waals surface area contributed by atoms with Crippen molar-refractivity contribution in [2.75, 3.05) is 25.0 Å². The van der Waals surface area contributed by atoms with E-state index in [0.717, 1.165) is 61.3 Å². The first kappa shape index (κ1) is 20.4. The van der Waals surface area contributed by atoms with Crippen LogP contribution in [0, 0.1) is 6.92 Å². The second kappa shape index (κ2) is 9.26. The van der Waals surface area contributed by atoms with E-state index in [1.165, 1.54) is 24.5 Å². The maximum atomic E-state index is 11.3. The van der Waals surface area contributed by atoms with Crippen molar-refractivity contribution < 1.29 is 4.79 Å². The highest BCUT2D eigenvalue weighted by Crippen LogP contribution is 2.24. The van der Waals surface area contributed by atoms with Gasteiger partial charge in [-0.3, -0.25) is 9.69 Å². The van der Waals surface area contributed by atoms with Crippen LogP contribution < -0.4 is 5.32 Å². The van der Waals surface area contributed by atoms with Crippen molar-refractivity contribution >= 4 is 28.2 Å². The number of benzene rings is 2. The Bertz CT molecular complexity index is 1050. The van der Waals surface area contributed by atoms with E-state index in [-0.39, 0.29) is 5.91 Å². The number of carbonyl (C=O) groups excluding carboxylic acids is 1. The van der Waals surface area contributed by atoms with Gasteiger partial charge in [-0.2, -0.15) is 0 Å². The average Bonchev–Trinajstić information content (AvgIpc) is 3.15. The summed E-state index contributed by atoms with van der Waals surface area (Å²) in [5.41, 5.74) is 6.90. The van der Waals surface area contributed by atoms with Gasteiger partial charge in [-0.15, -0.1) is 0 Å². The largest absolute Gasteiger partial charge is 0.330 e. The van der Waals surface area contributed by atoms with E-state index in [4.69, 9.17) is 0 Å². The molecule has 5 nitrogen and oxygen atoms in total. The highest BCUT2D eigenvalue weighted by Gasteiger charge is 2.13. The number of amides is 1. The van der Waals surface area contributed by atoms with Crippen molar-refractivity contribution in [1.82, 2.24) is 14.5 Å². The maximum Gasteiger partial charge on any atom is 0.221 e. The third-order valence-corrected chi connectivity index (χ3v) is 5.79. The van der Waals surface area contributed by atoms with Crippen LogP contribution in [0.5, 0.6) is 0 Å². The molecule has 0 saturated heterocycles. The van der Waals surface area contributed by atoms with Gasteiger partial charge < -0.3 is 9.88 Å². The van der Waals surface area contributed by atoms with Gasteiger partial charge in [0, 0.05) is 32.2 Å². The highest BCUT2D eigenvalue weighted by atomic mass is 16.1. The van der Waals surface area contributed by atoms with E-state index < -0.39 is 0 Å². The van der Waals surface area contributed by atoms with E-state index >= 15 is 0 Å². The van der Waals surface area contributed by atoms with Crippen molar-refractivity contribution in [3.63, 3.8) is 0 Å². The van der Waals surface area contributed by atoms with Crippen LogP contribution in [-0.2, 0) is 11.3 Å². The van der Waals surface area contributed by atoms with Crippen molar-refractivity contribution in [2.24, 2.45) is 0 Å². The van der Waals surface area contributed by atoms with Crippen molar-refractivity contribution in [3.8, 4) is 0 Å². The molecule has 30 heavy (non-hydrogen) atoms. The van der Waals surface area contributed by atoms with Gasteiger partial charge in [0.05, 0.1) is 17.4 Å². The van der Waals surface area contributed by atoms with E-state index in [9.17, 15) is 4.79 Å². The van der Waals surface area contributed by atoms with Gasteiger partial charge in [0.25, 0.3) is 0 Å². The van der Waals surface area contributed by atoms with Gasteiger partial charge in [-0.1, -0.05) is 36.4 Å².